The van der Waals surface area contributed by atoms with E-state index in [0.29, 0.717) is 23.0 Å². The number of hydrogen-bond donors (Lipinski definition) is 1. The van der Waals surface area contributed by atoms with Crippen LogP contribution in [-0.2, 0) is 4.79 Å². The van der Waals surface area contributed by atoms with Gasteiger partial charge in [0.05, 0.1) is 5.60 Å². The van der Waals surface area contributed by atoms with E-state index in [1.54, 1.807) is 0 Å². The monoisotopic (exact) mass is 318 g/mol. The Hall–Kier alpha value is -0.370. The average Bonchev–Trinajstić information content (AvgIpc) is 2.80. The first-order chi connectivity index (χ1) is 10.8. The standard InChI is InChI=1S/C21H34O2/c1-4-21(23)12-9-18-16-6-5-14-13-15(22)7-10-19(14,2)17(16)8-11-20(18,21)3/h14,16-18,23H,4-13H2,1-3H3/t14-,16+,17-,18-,19-,20-,21+/m0/s1. The molecule has 0 unspecified atom stereocenters. The summed E-state index contributed by atoms with van der Waals surface area (Å²) in [5, 5.41) is 11.2. The zero-order valence-corrected chi connectivity index (χ0v) is 15.2. The van der Waals surface area contributed by atoms with Gasteiger partial charge in [-0.1, -0.05) is 20.8 Å². The molecule has 1 N–H and O–H groups in total. The van der Waals surface area contributed by atoms with E-state index in [4.69, 9.17) is 0 Å². The van der Waals surface area contributed by atoms with Crippen molar-refractivity contribution >= 4 is 5.78 Å². The Morgan fingerprint density at radius 1 is 1.04 bits per heavy atom. The highest BCUT2D eigenvalue weighted by Crippen LogP contribution is 2.68. The molecule has 2 heteroatoms. The molecule has 0 spiro atoms. The number of fused-ring (bicyclic) bond motifs is 5. The highest BCUT2D eigenvalue weighted by atomic mass is 16.3. The predicted octanol–water partition coefficient (Wildman–Crippen LogP) is 4.74. The minimum atomic E-state index is -0.428. The van der Waals surface area contributed by atoms with Gasteiger partial charge in [-0.05, 0) is 85.9 Å². The lowest BCUT2D eigenvalue weighted by molar-refractivity contribution is -0.157. The summed E-state index contributed by atoms with van der Waals surface area (Å²) in [6.45, 7) is 7.07. The smallest absolute Gasteiger partial charge is 0.133 e. The Kier molecular flexibility index (Phi) is 3.55. The molecule has 7 atom stereocenters. The quantitative estimate of drug-likeness (QED) is 0.758. The predicted molar refractivity (Wildman–Crippen MR) is 92.0 cm³/mol. The number of carbonyl (C=O) groups is 1. The number of Topliss-reactive ketones (excluding diaryl/α,β-unsaturated/α-hetero) is 1. The lowest BCUT2D eigenvalue weighted by Gasteiger charge is -2.61. The molecular weight excluding hydrogens is 284 g/mol. The van der Waals surface area contributed by atoms with Gasteiger partial charge in [0, 0.05) is 12.8 Å². The van der Waals surface area contributed by atoms with Crippen molar-refractivity contribution in [2.24, 2.45) is 34.5 Å². The van der Waals surface area contributed by atoms with E-state index in [2.05, 4.69) is 20.8 Å². The Labute approximate surface area is 141 Å². The molecule has 4 rings (SSSR count). The van der Waals surface area contributed by atoms with Crippen molar-refractivity contribution in [2.75, 3.05) is 0 Å². The van der Waals surface area contributed by atoms with Crippen LogP contribution in [0, 0.1) is 34.5 Å². The molecule has 0 bridgehead atoms. The minimum Gasteiger partial charge on any atom is -0.389 e. The average molecular weight is 319 g/mol. The van der Waals surface area contributed by atoms with Crippen LogP contribution in [0.1, 0.15) is 85.0 Å². The number of rotatable bonds is 1. The largest absolute Gasteiger partial charge is 0.389 e. The summed E-state index contributed by atoms with van der Waals surface area (Å²) in [6.07, 6.45) is 11.0. The Balaban J connectivity index is 1.64. The van der Waals surface area contributed by atoms with Crippen molar-refractivity contribution in [2.45, 2.75) is 90.6 Å². The summed E-state index contributed by atoms with van der Waals surface area (Å²) in [7, 11) is 0. The number of aliphatic hydroxyl groups is 1. The van der Waals surface area contributed by atoms with Gasteiger partial charge >= 0.3 is 0 Å². The SMILES string of the molecule is CC[C@@]1(O)CC[C@H]2[C@@H]3CC[C@H]4CC(=O)CC[C@]4(C)[C@H]3CC[C@@]21C. The van der Waals surface area contributed by atoms with E-state index in [1.807, 2.05) is 0 Å². The summed E-state index contributed by atoms with van der Waals surface area (Å²) in [5.41, 5.74) is 0.102. The van der Waals surface area contributed by atoms with Crippen molar-refractivity contribution < 1.29 is 9.90 Å². The molecule has 0 aromatic heterocycles. The first-order valence-electron chi connectivity index (χ1n) is 10.1. The molecule has 0 aromatic carbocycles. The van der Waals surface area contributed by atoms with Crippen molar-refractivity contribution in [1.29, 1.82) is 0 Å². The van der Waals surface area contributed by atoms with Crippen LogP contribution in [0.4, 0.5) is 0 Å². The van der Waals surface area contributed by atoms with E-state index in [1.165, 1.54) is 32.1 Å². The second kappa shape index (κ2) is 5.07. The van der Waals surface area contributed by atoms with Gasteiger partial charge in [0.15, 0.2) is 0 Å². The molecule has 4 fully saturated rings. The molecule has 4 saturated carbocycles. The number of carbonyl (C=O) groups excluding carboxylic acids is 1. The van der Waals surface area contributed by atoms with E-state index in [-0.39, 0.29) is 5.41 Å². The molecule has 0 saturated heterocycles. The fraction of sp³-hybridized carbons (Fsp3) is 0.952. The topological polar surface area (TPSA) is 37.3 Å². The Morgan fingerprint density at radius 3 is 2.52 bits per heavy atom. The molecule has 0 aromatic rings. The van der Waals surface area contributed by atoms with Crippen molar-refractivity contribution in [3.8, 4) is 0 Å². The molecule has 0 radical (unpaired) electrons. The zero-order valence-electron chi connectivity index (χ0n) is 15.2. The van der Waals surface area contributed by atoms with Gasteiger partial charge in [-0.3, -0.25) is 4.79 Å². The highest BCUT2D eigenvalue weighted by molar-refractivity contribution is 5.79. The van der Waals surface area contributed by atoms with E-state index in [0.717, 1.165) is 43.9 Å². The Morgan fingerprint density at radius 2 is 1.78 bits per heavy atom. The second-order valence-corrected chi connectivity index (χ2v) is 9.78. The summed E-state index contributed by atoms with van der Waals surface area (Å²) in [6, 6.07) is 0. The first-order valence-corrected chi connectivity index (χ1v) is 10.1. The molecule has 4 aliphatic carbocycles. The van der Waals surface area contributed by atoms with Crippen LogP contribution in [-0.4, -0.2) is 16.5 Å². The van der Waals surface area contributed by atoms with Crippen LogP contribution in [0.25, 0.3) is 0 Å². The molecule has 130 valence electrons. The summed E-state index contributed by atoms with van der Waals surface area (Å²) < 4.78 is 0. The normalized spacial score (nSPS) is 55.9. The molecule has 4 aliphatic rings. The third-order valence-electron chi connectivity index (χ3n) is 9.39. The van der Waals surface area contributed by atoms with Crippen molar-refractivity contribution in [3.63, 3.8) is 0 Å². The van der Waals surface area contributed by atoms with Gasteiger partial charge in [0.1, 0.15) is 5.78 Å². The second-order valence-electron chi connectivity index (χ2n) is 9.78. The van der Waals surface area contributed by atoms with Gasteiger partial charge < -0.3 is 5.11 Å². The highest BCUT2D eigenvalue weighted by Gasteiger charge is 2.63. The molecule has 0 heterocycles. The molecule has 23 heavy (non-hydrogen) atoms. The lowest BCUT2D eigenvalue weighted by atomic mass is 9.44. The third-order valence-corrected chi connectivity index (χ3v) is 9.39. The van der Waals surface area contributed by atoms with Crippen LogP contribution < -0.4 is 0 Å². The van der Waals surface area contributed by atoms with Crippen LogP contribution >= 0.6 is 0 Å². The fourth-order valence-corrected chi connectivity index (χ4v) is 7.74. The minimum absolute atomic E-state index is 0.136. The molecule has 0 aliphatic heterocycles. The summed E-state index contributed by atoms with van der Waals surface area (Å²) in [4.78, 5) is 11.9. The van der Waals surface area contributed by atoms with Crippen LogP contribution in [0.3, 0.4) is 0 Å². The van der Waals surface area contributed by atoms with Crippen LogP contribution in [0.2, 0.25) is 0 Å². The van der Waals surface area contributed by atoms with Crippen molar-refractivity contribution in [3.05, 3.63) is 0 Å². The number of hydrogen-bond acceptors (Lipinski definition) is 2. The summed E-state index contributed by atoms with van der Waals surface area (Å²) >= 11 is 0. The maximum atomic E-state index is 11.9. The maximum Gasteiger partial charge on any atom is 0.133 e. The maximum absolute atomic E-state index is 11.9. The van der Waals surface area contributed by atoms with Gasteiger partial charge in [-0.15, -0.1) is 0 Å². The van der Waals surface area contributed by atoms with Crippen LogP contribution in [0.5, 0.6) is 0 Å². The van der Waals surface area contributed by atoms with E-state index < -0.39 is 5.60 Å². The Bertz CT molecular complexity index is 514. The lowest BCUT2D eigenvalue weighted by Crippen LogP contribution is -2.56. The van der Waals surface area contributed by atoms with Gasteiger partial charge in [-0.25, -0.2) is 0 Å². The van der Waals surface area contributed by atoms with Gasteiger partial charge in [0.25, 0.3) is 0 Å². The van der Waals surface area contributed by atoms with E-state index in [9.17, 15) is 9.90 Å². The van der Waals surface area contributed by atoms with Gasteiger partial charge in [-0.2, -0.15) is 0 Å². The summed E-state index contributed by atoms with van der Waals surface area (Å²) in [5.74, 6) is 3.45. The molecule has 0 amide bonds. The van der Waals surface area contributed by atoms with Crippen LogP contribution in [0.15, 0.2) is 0 Å². The molecule has 2 nitrogen and oxygen atoms in total. The number of ketones is 1. The fourth-order valence-electron chi connectivity index (χ4n) is 7.74. The molecular formula is C21H34O2. The zero-order chi connectivity index (χ0) is 16.5. The third kappa shape index (κ3) is 2.00. The first kappa shape index (κ1) is 16.1. The van der Waals surface area contributed by atoms with E-state index >= 15 is 0 Å². The van der Waals surface area contributed by atoms with Gasteiger partial charge in [0.2, 0.25) is 0 Å². The van der Waals surface area contributed by atoms with Crippen molar-refractivity contribution in [1.82, 2.24) is 0 Å².